The second-order valence-electron chi connectivity index (χ2n) is 9.10. The third-order valence-corrected chi connectivity index (χ3v) is 8.54. The maximum atomic E-state index is 11.9. The zero-order valence-corrected chi connectivity index (χ0v) is 14.8. The zero-order valence-electron chi connectivity index (χ0n) is 14.8. The quantitative estimate of drug-likeness (QED) is 0.672. The molecule has 0 aromatic heterocycles. The van der Waals surface area contributed by atoms with Crippen molar-refractivity contribution in [3.8, 4) is 12.3 Å². The van der Waals surface area contributed by atoms with Crippen LogP contribution in [0.1, 0.15) is 65.2 Å². The van der Waals surface area contributed by atoms with Gasteiger partial charge in [-0.25, -0.2) is 0 Å². The fourth-order valence-corrected chi connectivity index (χ4v) is 6.76. The topological polar surface area (TPSA) is 57.5 Å². The number of rotatable bonds is 0. The van der Waals surface area contributed by atoms with Crippen molar-refractivity contribution in [3.63, 3.8) is 0 Å². The molecular formula is C21H28O3. The minimum Gasteiger partial charge on any atom is -0.389 e. The van der Waals surface area contributed by atoms with Crippen LogP contribution in [0.25, 0.3) is 0 Å². The SMILES string of the molecule is C#CC1(O)CC[C@H]2[C@@H]3CCC4=CC(=O)CC[C@]4(C)C3(O)CC[C@@]21C. The standard InChI is InChI=1S/C21H28O3/c1-4-20(23)10-8-16-17-6-5-14-13-15(22)7-9-18(14,2)21(17,24)12-11-19(16,20)3/h1,13,16-17,23-24H,5-12H2,2-3H3/t16-,17-,18-,19-,20?,21?/m0/s1. The number of carbonyl (C=O) groups excluding carboxylic acids is 1. The second kappa shape index (κ2) is 4.74. The Bertz CT molecular complexity index is 673. The third-order valence-electron chi connectivity index (χ3n) is 8.54. The molecule has 3 saturated carbocycles. The molecule has 4 rings (SSSR count). The first-order chi connectivity index (χ1) is 11.2. The number of carbonyl (C=O) groups is 1. The van der Waals surface area contributed by atoms with Gasteiger partial charge in [-0.2, -0.15) is 0 Å². The molecule has 0 heterocycles. The van der Waals surface area contributed by atoms with Gasteiger partial charge in [-0.1, -0.05) is 25.3 Å². The van der Waals surface area contributed by atoms with Gasteiger partial charge in [0.2, 0.25) is 0 Å². The average Bonchev–Trinajstić information content (AvgIpc) is 2.82. The van der Waals surface area contributed by atoms with Crippen molar-refractivity contribution < 1.29 is 15.0 Å². The van der Waals surface area contributed by atoms with Crippen molar-refractivity contribution in [2.75, 3.05) is 0 Å². The fraction of sp³-hybridized carbons (Fsp3) is 0.762. The van der Waals surface area contributed by atoms with E-state index < -0.39 is 11.2 Å². The van der Waals surface area contributed by atoms with Gasteiger partial charge in [0.05, 0.1) is 5.60 Å². The summed E-state index contributed by atoms with van der Waals surface area (Å²) in [4.78, 5) is 11.9. The van der Waals surface area contributed by atoms with Crippen LogP contribution in [-0.4, -0.2) is 27.2 Å². The molecule has 0 radical (unpaired) electrons. The lowest BCUT2D eigenvalue weighted by Crippen LogP contribution is -2.64. The van der Waals surface area contributed by atoms with Crippen molar-refractivity contribution in [2.45, 2.75) is 76.4 Å². The van der Waals surface area contributed by atoms with Crippen LogP contribution in [-0.2, 0) is 4.79 Å². The summed E-state index contributed by atoms with van der Waals surface area (Å²) < 4.78 is 0. The summed E-state index contributed by atoms with van der Waals surface area (Å²) in [6, 6.07) is 0. The van der Waals surface area contributed by atoms with Gasteiger partial charge < -0.3 is 10.2 Å². The van der Waals surface area contributed by atoms with Gasteiger partial charge in [-0.15, -0.1) is 6.42 Å². The minimum atomic E-state index is -1.04. The van der Waals surface area contributed by atoms with Crippen LogP contribution in [0.2, 0.25) is 0 Å². The van der Waals surface area contributed by atoms with E-state index in [9.17, 15) is 15.0 Å². The van der Waals surface area contributed by atoms with Crippen LogP contribution in [0, 0.1) is 35.0 Å². The Hall–Kier alpha value is -1.11. The molecule has 130 valence electrons. The molecule has 0 amide bonds. The van der Waals surface area contributed by atoms with E-state index in [1.165, 1.54) is 0 Å². The molecule has 0 aliphatic heterocycles. The lowest BCUT2D eigenvalue weighted by molar-refractivity contribution is -0.202. The van der Waals surface area contributed by atoms with Crippen LogP contribution >= 0.6 is 0 Å². The Balaban J connectivity index is 1.77. The van der Waals surface area contributed by atoms with Crippen molar-refractivity contribution >= 4 is 5.78 Å². The van der Waals surface area contributed by atoms with Gasteiger partial charge in [0.1, 0.15) is 5.60 Å². The van der Waals surface area contributed by atoms with E-state index in [0.717, 1.165) is 37.7 Å². The molecule has 4 aliphatic carbocycles. The van der Waals surface area contributed by atoms with Gasteiger partial charge in [-0.05, 0) is 62.9 Å². The highest BCUT2D eigenvalue weighted by Gasteiger charge is 2.68. The number of aliphatic hydroxyl groups is 2. The van der Waals surface area contributed by atoms with Crippen LogP contribution < -0.4 is 0 Å². The summed E-state index contributed by atoms with van der Waals surface area (Å²) in [6.45, 7) is 4.28. The predicted molar refractivity (Wildman–Crippen MR) is 92.0 cm³/mol. The first-order valence-corrected chi connectivity index (χ1v) is 9.37. The fourth-order valence-electron chi connectivity index (χ4n) is 6.76. The van der Waals surface area contributed by atoms with Gasteiger partial charge in [0, 0.05) is 17.3 Å². The molecule has 0 aromatic carbocycles. The Morgan fingerprint density at radius 1 is 1.08 bits per heavy atom. The maximum absolute atomic E-state index is 11.9. The second-order valence-corrected chi connectivity index (χ2v) is 9.10. The van der Waals surface area contributed by atoms with E-state index in [-0.39, 0.29) is 28.4 Å². The Kier molecular flexibility index (Phi) is 3.23. The van der Waals surface area contributed by atoms with Crippen LogP contribution in [0.4, 0.5) is 0 Å². The van der Waals surface area contributed by atoms with E-state index in [1.807, 2.05) is 0 Å². The zero-order chi connectivity index (χ0) is 17.4. The number of fused-ring (bicyclic) bond motifs is 5. The largest absolute Gasteiger partial charge is 0.389 e. The summed E-state index contributed by atoms with van der Waals surface area (Å²) in [5, 5.41) is 22.8. The molecule has 0 spiro atoms. The van der Waals surface area contributed by atoms with Crippen LogP contribution in [0.3, 0.4) is 0 Å². The number of hydrogen-bond donors (Lipinski definition) is 2. The van der Waals surface area contributed by atoms with Crippen molar-refractivity contribution in [2.24, 2.45) is 22.7 Å². The van der Waals surface area contributed by atoms with E-state index in [1.54, 1.807) is 6.08 Å². The molecule has 24 heavy (non-hydrogen) atoms. The van der Waals surface area contributed by atoms with E-state index in [4.69, 9.17) is 6.42 Å². The smallest absolute Gasteiger partial charge is 0.155 e. The number of hydrogen-bond acceptors (Lipinski definition) is 3. The number of ketones is 1. The summed E-state index contributed by atoms with van der Waals surface area (Å²) in [5.41, 5.74) is -1.28. The molecule has 4 aliphatic rings. The molecule has 3 heteroatoms. The predicted octanol–water partition coefficient (Wildman–Crippen LogP) is 3.00. The summed E-state index contributed by atoms with van der Waals surface area (Å²) in [6.07, 6.45) is 13.5. The van der Waals surface area contributed by atoms with Gasteiger partial charge >= 0.3 is 0 Å². The van der Waals surface area contributed by atoms with Crippen molar-refractivity contribution in [3.05, 3.63) is 11.6 Å². The molecule has 6 atom stereocenters. The third kappa shape index (κ3) is 1.69. The van der Waals surface area contributed by atoms with E-state index in [2.05, 4.69) is 19.8 Å². The van der Waals surface area contributed by atoms with Crippen molar-refractivity contribution in [1.82, 2.24) is 0 Å². The molecule has 3 fully saturated rings. The first-order valence-electron chi connectivity index (χ1n) is 9.37. The summed E-state index contributed by atoms with van der Waals surface area (Å²) >= 11 is 0. The van der Waals surface area contributed by atoms with Gasteiger partial charge in [0.25, 0.3) is 0 Å². The van der Waals surface area contributed by atoms with Crippen LogP contribution in [0.5, 0.6) is 0 Å². The molecular weight excluding hydrogens is 300 g/mol. The lowest BCUT2D eigenvalue weighted by atomic mass is 9.44. The maximum Gasteiger partial charge on any atom is 0.155 e. The summed E-state index contributed by atoms with van der Waals surface area (Å²) in [7, 11) is 0. The van der Waals surface area contributed by atoms with Gasteiger partial charge in [-0.3, -0.25) is 4.79 Å². The van der Waals surface area contributed by atoms with Gasteiger partial charge in [0.15, 0.2) is 5.78 Å². The van der Waals surface area contributed by atoms with E-state index in [0.29, 0.717) is 19.3 Å². The van der Waals surface area contributed by atoms with Crippen molar-refractivity contribution in [1.29, 1.82) is 0 Å². The molecule has 0 bridgehead atoms. The Labute approximate surface area is 144 Å². The molecule has 2 unspecified atom stereocenters. The van der Waals surface area contributed by atoms with Crippen LogP contribution in [0.15, 0.2) is 11.6 Å². The minimum absolute atomic E-state index is 0.161. The highest BCUT2D eigenvalue weighted by Crippen LogP contribution is 2.68. The Morgan fingerprint density at radius 2 is 1.83 bits per heavy atom. The molecule has 0 saturated heterocycles. The molecule has 0 aromatic rings. The molecule has 2 N–H and O–H groups in total. The normalized spacial score (nSPS) is 53.5. The highest BCUT2D eigenvalue weighted by molar-refractivity contribution is 5.91. The Morgan fingerprint density at radius 3 is 2.54 bits per heavy atom. The van der Waals surface area contributed by atoms with E-state index >= 15 is 0 Å². The average molecular weight is 328 g/mol. The highest BCUT2D eigenvalue weighted by atomic mass is 16.3. The lowest BCUT2D eigenvalue weighted by Gasteiger charge is -2.63. The summed E-state index contributed by atoms with van der Waals surface area (Å²) in [5.74, 6) is 3.30. The first kappa shape index (κ1) is 16.4. The monoisotopic (exact) mass is 328 g/mol. The number of terminal acetylenes is 1. The molecule has 3 nitrogen and oxygen atoms in total.